The van der Waals surface area contributed by atoms with Crippen molar-refractivity contribution >= 4 is 49.1 Å². The molecule has 1 atom stereocenters. The third kappa shape index (κ3) is 3.33. The lowest BCUT2D eigenvalue weighted by atomic mass is 10.2. The quantitative estimate of drug-likeness (QED) is 0.850. The monoisotopic (exact) mass is 396 g/mol. The Bertz CT molecular complexity index is 417. The molecule has 1 fully saturated rings. The molecule has 0 aromatic carbocycles. The molecule has 4 nitrogen and oxygen atoms in total. The number of hydrogen-bond donors (Lipinski definition) is 1. The molecule has 0 spiro atoms. The van der Waals surface area contributed by atoms with E-state index in [9.17, 15) is 4.79 Å². The summed E-state index contributed by atoms with van der Waals surface area (Å²) in [6, 6.07) is 1.86. The van der Waals surface area contributed by atoms with Gasteiger partial charge in [0, 0.05) is 24.1 Å². The lowest BCUT2D eigenvalue weighted by molar-refractivity contribution is -0.0194. The van der Waals surface area contributed by atoms with Crippen LogP contribution in [0.15, 0.2) is 14.3 Å². The highest BCUT2D eigenvalue weighted by Crippen LogP contribution is 2.33. The molecular formula is C11H14Br2N2O2S. The van der Waals surface area contributed by atoms with Gasteiger partial charge in [0.1, 0.15) is 0 Å². The van der Waals surface area contributed by atoms with Gasteiger partial charge in [-0.1, -0.05) is 0 Å². The number of nitrogens with one attached hydrogen (secondary N) is 1. The summed E-state index contributed by atoms with van der Waals surface area (Å²) in [5.41, 5.74) is 0. The predicted molar refractivity (Wildman–Crippen MR) is 79.3 cm³/mol. The van der Waals surface area contributed by atoms with E-state index in [4.69, 9.17) is 4.74 Å². The summed E-state index contributed by atoms with van der Waals surface area (Å²) in [5, 5.41) is 3.07. The van der Waals surface area contributed by atoms with Gasteiger partial charge < -0.3 is 15.0 Å². The fraction of sp³-hybridized carbons (Fsp3) is 0.545. The van der Waals surface area contributed by atoms with Gasteiger partial charge in [0.05, 0.1) is 21.4 Å². The van der Waals surface area contributed by atoms with Crippen LogP contribution in [0.3, 0.4) is 0 Å². The Hall–Kier alpha value is 0.0500. The second-order valence-corrected chi connectivity index (χ2v) is 7.26. The van der Waals surface area contributed by atoms with Crippen LogP contribution in [0, 0.1) is 0 Å². The average Bonchev–Trinajstić information content (AvgIpc) is 2.69. The molecule has 0 aliphatic carbocycles. The zero-order valence-corrected chi connectivity index (χ0v) is 13.9. The summed E-state index contributed by atoms with van der Waals surface area (Å²) in [6.07, 6.45) is 0.0829. The summed E-state index contributed by atoms with van der Waals surface area (Å²) in [4.78, 5) is 14.9. The van der Waals surface area contributed by atoms with Crippen molar-refractivity contribution in [1.29, 1.82) is 0 Å². The average molecular weight is 398 g/mol. The molecule has 1 aromatic heterocycles. The third-order valence-electron chi connectivity index (χ3n) is 2.71. The summed E-state index contributed by atoms with van der Waals surface area (Å²) in [7, 11) is 1.89. The molecule has 1 N–H and O–H groups in total. The molecule has 1 amide bonds. The molecule has 0 bridgehead atoms. The largest absolute Gasteiger partial charge is 0.373 e. The topological polar surface area (TPSA) is 41.6 Å². The normalized spacial score (nSPS) is 20.2. The Kier molecular flexibility index (Phi) is 5.20. The van der Waals surface area contributed by atoms with E-state index < -0.39 is 0 Å². The molecule has 1 aromatic rings. The molecule has 1 aliphatic rings. The van der Waals surface area contributed by atoms with Crippen LogP contribution in [-0.4, -0.2) is 50.2 Å². The predicted octanol–water partition coefficient (Wildman–Crippen LogP) is 2.33. The zero-order valence-electron chi connectivity index (χ0n) is 9.91. The van der Waals surface area contributed by atoms with Gasteiger partial charge in [-0.2, -0.15) is 0 Å². The second kappa shape index (κ2) is 6.47. The summed E-state index contributed by atoms with van der Waals surface area (Å²) < 4.78 is 7.47. The van der Waals surface area contributed by atoms with Crippen molar-refractivity contribution in [3.8, 4) is 0 Å². The van der Waals surface area contributed by atoms with E-state index in [-0.39, 0.29) is 12.0 Å². The second-order valence-electron chi connectivity index (χ2n) is 4.03. The van der Waals surface area contributed by atoms with Crippen LogP contribution in [0.5, 0.6) is 0 Å². The number of carbonyl (C=O) groups excluding carboxylic acids is 1. The molecule has 1 aliphatic heterocycles. The molecular weight excluding hydrogens is 384 g/mol. The first-order chi connectivity index (χ1) is 8.61. The lowest BCUT2D eigenvalue weighted by Crippen LogP contribution is -2.48. The Labute approximate surface area is 127 Å². The molecule has 1 saturated heterocycles. The van der Waals surface area contributed by atoms with Gasteiger partial charge in [-0.3, -0.25) is 4.79 Å². The Morgan fingerprint density at radius 3 is 3.06 bits per heavy atom. The van der Waals surface area contributed by atoms with Gasteiger partial charge in [0.2, 0.25) is 0 Å². The maximum Gasteiger partial charge on any atom is 0.264 e. The number of ether oxygens (including phenoxy) is 1. The number of halogens is 2. The Morgan fingerprint density at radius 2 is 2.44 bits per heavy atom. The molecule has 0 saturated carbocycles. The number of likely N-dealkylation sites (N-methyl/N-ethyl adjacent to an activating group) is 1. The number of carbonyl (C=O) groups is 1. The zero-order chi connectivity index (χ0) is 13.1. The summed E-state index contributed by atoms with van der Waals surface area (Å²) in [6.45, 7) is 2.67. The fourth-order valence-electron chi connectivity index (χ4n) is 1.86. The summed E-state index contributed by atoms with van der Waals surface area (Å²) in [5.74, 6) is 0.0794. The minimum Gasteiger partial charge on any atom is -0.373 e. The van der Waals surface area contributed by atoms with E-state index in [0.29, 0.717) is 19.7 Å². The van der Waals surface area contributed by atoms with Crippen molar-refractivity contribution in [3.63, 3.8) is 0 Å². The number of thiophene rings is 1. The van der Waals surface area contributed by atoms with Crippen molar-refractivity contribution in [2.75, 3.05) is 33.3 Å². The number of morpholine rings is 1. The maximum atomic E-state index is 12.3. The van der Waals surface area contributed by atoms with Crippen LogP contribution in [0.2, 0.25) is 0 Å². The van der Waals surface area contributed by atoms with Crippen LogP contribution >= 0.6 is 43.2 Å². The van der Waals surface area contributed by atoms with Gasteiger partial charge in [0.25, 0.3) is 5.91 Å². The third-order valence-corrected chi connectivity index (χ3v) is 5.96. The van der Waals surface area contributed by atoms with Crippen LogP contribution in [0.4, 0.5) is 0 Å². The number of hydrogen-bond acceptors (Lipinski definition) is 4. The first-order valence-corrected chi connectivity index (χ1v) is 8.02. The molecule has 7 heteroatoms. The van der Waals surface area contributed by atoms with Gasteiger partial charge in [-0.05, 0) is 45.0 Å². The van der Waals surface area contributed by atoms with Crippen LogP contribution in [-0.2, 0) is 4.74 Å². The van der Waals surface area contributed by atoms with E-state index in [1.807, 2.05) is 18.0 Å². The van der Waals surface area contributed by atoms with Gasteiger partial charge >= 0.3 is 0 Å². The van der Waals surface area contributed by atoms with Crippen LogP contribution in [0.25, 0.3) is 0 Å². The molecule has 2 heterocycles. The number of rotatable bonds is 3. The lowest BCUT2D eigenvalue weighted by Gasteiger charge is -2.32. The van der Waals surface area contributed by atoms with E-state index >= 15 is 0 Å². The first-order valence-electron chi connectivity index (χ1n) is 5.62. The standard InChI is InChI=1S/C11H14Br2N2O2S/c1-14-5-7-6-15(2-3-17-7)11(16)9-4-8(12)10(13)18-9/h4,7,14H,2-3,5-6H2,1H3. The molecule has 2 rings (SSSR count). The highest BCUT2D eigenvalue weighted by atomic mass is 79.9. The molecule has 1 unspecified atom stereocenters. The Morgan fingerprint density at radius 1 is 1.67 bits per heavy atom. The van der Waals surface area contributed by atoms with Crippen LogP contribution < -0.4 is 5.32 Å². The molecule has 0 radical (unpaired) electrons. The SMILES string of the molecule is CNCC1CN(C(=O)c2cc(Br)c(Br)s2)CCO1. The van der Waals surface area contributed by atoms with Gasteiger partial charge in [-0.15, -0.1) is 11.3 Å². The first kappa shape index (κ1) is 14.5. The van der Waals surface area contributed by atoms with Crippen molar-refractivity contribution in [3.05, 3.63) is 19.2 Å². The highest BCUT2D eigenvalue weighted by molar-refractivity contribution is 9.13. The van der Waals surface area contributed by atoms with Gasteiger partial charge in [-0.25, -0.2) is 0 Å². The molecule has 100 valence electrons. The minimum atomic E-state index is 0.0794. The van der Waals surface area contributed by atoms with Crippen molar-refractivity contribution in [2.24, 2.45) is 0 Å². The van der Waals surface area contributed by atoms with Crippen LogP contribution in [0.1, 0.15) is 9.67 Å². The number of nitrogens with zero attached hydrogens (tertiary/aromatic N) is 1. The van der Waals surface area contributed by atoms with Gasteiger partial charge in [0.15, 0.2) is 0 Å². The minimum absolute atomic E-state index is 0.0794. The van der Waals surface area contributed by atoms with Crippen molar-refractivity contribution in [1.82, 2.24) is 10.2 Å². The number of amides is 1. The van der Waals surface area contributed by atoms with E-state index in [0.717, 1.165) is 19.7 Å². The van der Waals surface area contributed by atoms with E-state index in [1.54, 1.807) is 0 Å². The van der Waals surface area contributed by atoms with E-state index in [2.05, 4.69) is 37.2 Å². The smallest absolute Gasteiger partial charge is 0.264 e. The highest BCUT2D eigenvalue weighted by Gasteiger charge is 2.25. The summed E-state index contributed by atoms with van der Waals surface area (Å²) >= 11 is 8.27. The fourth-order valence-corrected chi connectivity index (χ4v) is 3.87. The Balaban J connectivity index is 2.04. The maximum absolute atomic E-state index is 12.3. The molecule has 18 heavy (non-hydrogen) atoms. The van der Waals surface area contributed by atoms with E-state index in [1.165, 1.54) is 11.3 Å². The van der Waals surface area contributed by atoms with Crippen molar-refractivity contribution < 1.29 is 9.53 Å². The van der Waals surface area contributed by atoms with Crippen molar-refractivity contribution in [2.45, 2.75) is 6.10 Å².